The van der Waals surface area contributed by atoms with Crippen LogP contribution in [-0.4, -0.2) is 34.3 Å². The molecule has 1 aromatic carbocycles. The minimum absolute atomic E-state index is 0.0587. The Balaban J connectivity index is 2.25. The number of anilines is 1. The van der Waals surface area contributed by atoms with Crippen LogP contribution in [0.5, 0.6) is 0 Å². The van der Waals surface area contributed by atoms with Crippen LogP contribution in [0.1, 0.15) is 40.2 Å². The first-order valence-electron chi connectivity index (χ1n) is 8.36. The maximum atomic E-state index is 11.4. The van der Waals surface area contributed by atoms with Crippen LogP contribution in [0.2, 0.25) is 0 Å². The topological polar surface area (TPSA) is 73.6 Å². The maximum absolute atomic E-state index is 11.4. The summed E-state index contributed by atoms with van der Waals surface area (Å²) in [7, 11) is -0.485. The molecule has 0 spiro atoms. The molecule has 0 atom stereocenters. The molecule has 0 aromatic heterocycles. The van der Waals surface area contributed by atoms with Gasteiger partial charge in [0.05, 0.1) is 11.2 Å². The molecule has 3 N–H and O–H groups in total. The molecular formula is C18H25BN2O3S2. The fraction of sp³-hybridized carbons (Fsp3) is 0.444. The van der Waals surface area contributed by atoms with Crippen LogP contribution in [-0.2, 0) is 14.1 Å². The lowest BCUT2D eigenvalue weighted by Crippen LogP contribution is -2.41. The van der Waals surface area contributed by atoms with Gasteiger partial charge in [-0.3, -0.25) is 4.79 Å². The van der Waals surface area contributed by atoms with Gasteiger partial charge < -0.3 is 20.4 Å². The van der Waals surface area contributed by atoms with E-state index in [2.05, 4.69) is 5.32 Å². The van der Waals surface area contributed by atoms with Crippen molar-refractivity contribution in [3.63, 3.8) is 0 Å². The Morgan fingerprint density at radius 3 is 2.23 bits per heavy atom. The van der Waals surface area contributed by atoms with Gasteiger partial charge in [0.2, 0.25) is 0 Å². The number of hydrogen-bond donors (Lipinski definition) is 2. The molecule has 0 radical (unpaired) electrons. The number of nitrogens with one attached hydrogen (secondary N) is 1. The van der Waals surface area contributed by atoms with E-state index in [1.165, 1.54) is 11.8 Å². The minimum Gasteiger partial charge on any atom is -0.400 e. The van der Waals surface area contributed by atoms with E-state index in [4.69, 9.17) is 27.3 Å². The molecule has 0 unspecified atom stereocenters. The molecule has 0 bridgehead atoms. The van der Waals surface area contributed by atoms with Gasteiger partial charge in [0.25, 0.3) is 0 Å². The second kappa shape index (κ2) is 8.13. The van der Waals surface area contributed by atoms with Gasteiger partial charge in [-0.25, -0.2) is 0 Å². The molecular weight excluding hydrogens is 367 g/mol. The van der Waals surface area contributed by atoms with E-state index in [1.54, 1.807) is 6.92 Å². The second-order valence-electron chi connectivity index (χ2n) is 7.20. The largest absolute Gasteiger partial charge is 0.491 e. The highest BCUT2D eigenvalue weighted by Gasteiger charge is 2.52. The molecule has 0 aliphatic carbocycles. The third-order valence-corrected chi connectivity index (χ3v) is 5.51. The first kappa shape index (κ1) is 21.0. The summed E-state index contributed by atoms with van der Waals surface area (Å²) < 4.78 is 12.3. The highest BCUT2D eigenvalue weighted by molar-refractivity contribution is 8.13. The fourth-order valence-corrected chi connectivity index (χ4v) is 3.08. The molecule has 1 heterocycles. The first-order valence-corrected chi connectivity index (χ1v) is 9.75. The normalized spacial score (nSPS) is 18.7. The quantitative estimate of drug-likeness (QED) is 0.585. The lowest BCUT2D eigenvalue weighted by molar-refractivity contribution is -0.109. The van der Waals surface area contributed by atoms with Gasteiger partial charge in [0.1, 0.15) is 0 Å². The third-order valence-electron chi connectivity index (χ3n) is 4.53. The Hall–Kier alpha value is -1.35. The minimum atomic E-state index is -0.485. The number of rotatable bonds is 5. The van der Waals surface area contributed by atoms with Crippen molar-refractivity contribution in [2.75, 3.05) is 11.1 Å². The summed E-state index contributed by atoms with van der Waals surface area (Å²) in [6, 6.07) is 7.69. The lowest BCUT2D eigenvalue weighted by atomic mass is 9.78. The van der Waals surface area contributed by atoms with E-state index in [9.17, 15) is 4.79 Å². The van der Waals surface area contributed by atoms with E-state index in [1.807, 2.05) is 58.0 Å². The number of benzene rings is 1. The van der Waals surface area contributed by atoms with Gasteiger partial charge in [-0.1, -0.05) is 30.0 Å². The zero-order valence-electron chi connectivity index (χ0n) is 15.8. The van der Waals surface area contributed by atoms with Crippen LogP contribution in [0.4, 0.5) is 5.69 Å². The van der Waals surface area contributed by atoms with Gasteiger partial charge >= 0.3 is 7.12 Å². The standard InChI is InChI=1S/C18H25BN2O3S2/c1-12(22)26-11-14(19-23-17(2,3)18(4,5)24-19)10-13-6-8-15(9-7-13)21-16(20)25/h6-10H,11H2,1-5H3,(H3,20,21,25). The number of hydrogen-bond acceptors (Lipinski definition) is 5. The maximum Gasteiger partial charge on any atom is 0.491 e. The Labute approximate surface area is 165 Å². The molecule has 1 fully saturated rings. The predicted octanol–water partition coefficient (Wildman–Crippen LogP) is 3.64. The van der Waals surface area contributed by atoms with Crippen LogP contribution in [0, 0.1) is 0 Å². The molecule has 0 amide bonds. The zero-order chi connectivity index (χ0) is 19.5. The smallest absolute Gasteiger partial charge is 0.400 e. The summed E-state index contributed by atoms with van der Waals surface area (Å²) in [5, 5.41) is 3.18. The first-order chi connectivity index (χ1) is 12.0. The van der Waals surface area contributed by atoms with E-state index < -0.39 is 18.3 Å². The summed E-state index contributed by atoms with van der Waals surface area (Å²) in [6.45, 7) is 9.61. The highest BCUT2D eigenvalue weighted by atomic mass is 32.2. The number of thioether (sulfide) groups is 1. The molecule has 140 valence electrons. The Morgan fingerprint density at radius 2 is 1.77 bits per heavy atom. The van der Waals surface area contributed by atoms with Crippen molar-refractivity contribution < 1.29 is 14.1 Å². The lowest BCUT2D eigenvalue weighted by Gasteiger charge is -2.32. The van der Waals surface area contributed by atoms with Crippen LogP contribution in [0.3, 0.4) is 0 Å². The summed E-state index contributed by atoms with van der Waals surface area (Å²) in [4.78, 5) is 11.4. The summed E-state index contributed by atoms with van der Waals surface area (Å²) in [5.41, 5.74) is 7.35. The molecule has 1 aliphatic rings. The van der Waals surface area contributed by atoms with Crippen molar-refractivity contribution in [3.05, 3.63) is 35.3 Å². The van der Waals surface area contributed by atoms with E-state index in [0.29, 0.717) is 5.75 Å². The summed E-state index contributed by atoms with van der Waals surface area (Å²) >= 11 is 6.09. The second-order valence-corrected chi connectivity index (χ2v) is 8.79. The molecule has 1 saturated heterocycles. The van der Waals surface area contributed by atoms with Gasteiger partial charge in [0.15, 0.2) is 10.2 Å². The van der Waals surface area contributed by atoms with Crippen molar-refractivity contribution in [1.82, 2.24) is 0 Å². The van der Waals surface area contributed by atoms with E-state index in [-0.39, 0.29) is 10.2 Å². The van der Waals surface area contributed by atoms with Crippen LogP contribution < -0.4 is 11.1 Å². The Bertz CT molecular complexity index is 702. The van der Waals surface area contributed by atoms with Crippen molar-refractivity contribution in [3.8, 4) is 0 Å². The number of thiocarbonyl (C=S) groups is 1. The zero-order valence-corrected chi connectivity index (χ0v) is 17.4. The van der Waals surface area contributed by atoms with Crippen molar-refractivity contribution in [2.24, 2.45) is 5.73 Å². The third kappa shape index (κ3) is 5.33. The van der Waals surface area contributed by atoms with Crippen molar-refractivity contribution in [1.29, 1.82) is 0 Å². The molecule has 1 aliphatic heterocycles. The molecule has 0 saturated carbocycles. The van der Waals surface area contributed by atoms with Crippen LogP contribution in [0.25, 0.3) is 6.08 Å². The molecule has 5 nitrogen and oxygen atoms in total. The highest BCUT2D eigenvalue weighted by Crippen LogP contribution is 2.39. The van der Waals surface area contributed by atoms with E-state index >= 15 is 0 Å². The molecule has 8 heteroatoms. The SMILES string of the molecule is CC(=O)SCC(=Cc1ccc(NC(N)=S)cc1)B1OC(C)(C)C(C)(C)O1. The summed E-state index contributed by atoms with van der Waals surface area (Å²) in [6.07, 6.45) is 2.00. The molecule has 2 rings (SSSR count). The van der Waals surface area contributed by atoms with Gasteiger partial charge in [-0.2, -0.15) is 0 Å². The number of carbonyl (C=O) groups excluding carboxylic acids is 1. The Kier molecular flexibility index (Phi) is 6.55. The predicted molar refractivity (Wildman–Crippen MR) is 114 cm³/mol. The average Bonchev–Trinajstić information content (AvgIpc) is 2.72. The van der Waals surface area contributed by atoms with Crippen molar-refractivity contribution in [2.45, 2.75) is 45.8 Å². The monoisotopic (exact) mass is 392 g/mol. The number of carbonyl (C=O) groups is 1. The Morgan fingerprint density at radius 1 is 1.23 bits per heavy atom. The van der Waals surface area contributed by atoms with Gasteiger partial charge in [-0.15, -0.1) is 0 Å². The van der Waals surface area contributed by atoms with Crippen LogP contribution in [0.15, 0.2) is 29.7 Å². The average molecular weight is 392 g/mol. The molecule has 26 heavy (non-hydrogen) atoms. The number of nitrogens with two attached hydrogens (primary N) is 1. The van der Waals surface area contributed by atoms with E-state index in [0.717, 1.165) is 16.7 Å². The molecule has 1 aromatic rings. The van der Waals surface area contributed by atoms with Gasteiger partial charge in [0, 0.05) is 18.4 Å². The summed E-state index contributed by atoms with van der Waals surface area (Å²) in [5.74, 6) is 0.513. The van der Waals surface area contributed by atoms with Gasteiger partial charge in [-0.05, 0) is 63.1 Å². The van der Waals surface area contributed by atoms with Crippen LogP contribution >= 0.6 is 24.0 Å². The van der Waals surface area contributed by atoms with Crippen molar-refractivity contribution >= 4 is 53.1 Å². The fourth-order valence-electron chi connectivity index (χ4n) is 2.38.